The lowest BCUT2D eigenvalue weighted by atomic mass is 9.68. The van der Waals surface area contributed by atoms with Crippen molar-refractivity contribution in [2.24, 2.45) is 33.5 Å². The minimum atomic E-state index is -1.70. The molecule has 0 radical (unpaired) electrons. The molecule has 0 spiro atoms. The number of nitrogens with zero attached hydrogens (tertiary/aromatic N) is 1. The van der Waals surface area contributed by atoms with Gasteiger partial charge in [-0.05, 0) is 92.2 Å². The Bertz CT molecular complexity index is 1690. The third-order valence-corrected chi connectivity index (χ3v) is 14.1. The van der Waals surface area contributed by atoms with Crippen molar-refractivity contribution in [1.29, 1.82) is 0 Å². The summed E-state index contributed by atoms with van der Waals surface area (Å²) in [5, 5.41) is 0.400. The van der Waals surface area contributed by atoms with Gasteiger partial charge in [-0.2, -0.15) is 0 Å². The van der Waals surface area contributed by atoms with Crippen LogP contribution in [-0.2, 0) is 76.4 Å². The number of hydrogen-bond acceptors (Lipinski definition) is 19. The van der Waals surface area contributed by atoms with Crippen LogP contribution in [0.15, 0.2) is 0 Å². The third kappa shape index (κ3) is 16.3. The number of ether oxygens (including phenoxy) is 6. The van der Waals surface area contributed by atoms with Crippen LogP contribution in [0.25, 0.3) is 0 Å². The number of thioether (sulfide) groups is 2. The van der Waals surface area contributed by atoms with Gasteiger partial charge in [0.1, 0.15) is 21.5 Å². The maximum atomic E-state index is 14.3. The quantitative estimate of drug-likeness (QED) is 0.0303. The second-order valence-electron chi connectivity index (χ2n) is 17.5. The first-order chi connectivity index (χ1) is 29.2. The largest absolute Gasteiger partial charge is 0.469 e. The van der Waals surface area contributed by atoms with Gasteiger partial charge in [0, 0.05) is 12.8 Å². The molecule has 2 amide bonds. The fourth-order valence-electron chi connectivity index (χ4n) is 7.64. The van der Waals surface area contributed by atoms with Crippen molar-refractivity contribution in [2.75, 3.05) is 47.4 Å². The molecule has 17 nitrogen and oxygen atoms in total. The molecule has 358 valence electrons. The summed E-state index contributed by atoms with van der Waals surface area (Å²) in [4.78, 5) is 123. The van der Waals surface area contributed by atoms with E-state index in [0.29, 0.717) is 20.8 Å². The molecule has 20 heteroatoms. The molecule has 0 aromatic heterocycles. The number of imide groups is 1. The summed E-state index contributed by atoms with van der Waals surface area (Å²) in [6.45, 7) is 13.7. The number of thiocarbonyl (C=S) groups is 1. The van der Waals surface area contributed by atoms with Gasteiger partial charge < -0.3 is 33.3 Å². The SMILES string of the molecule is CCCCSC(=S)SC(C)(CC(C)(CC(CC(C)(C)C(=O)ON1C(=O)CCC1=O)C(=O)OC)C(=O)OCCOC(=O)C(C)CC(C)(CC(C)(CC)C(=O)OC)C(=O)OC)C(=O)OC. The predicted octanol–water partition coefficient (Wildman–Crippen LogP) is 6.34. The molecule has 1 aliphatic rings. The Labute approximate surface area is 385 Å². The molecule has 6 atom stereocenters. The van der Waals surface area contributed by atoms with Gasteiger partial charge in [0.25, 0.3) is 11.8 Å². The Balaban J connectivity index is 3.47. The van der Waals surface area contributed by atoms with E-state index in [9.17, 15) is 43.2 Å². The van der Waals surface area contributed by atoms with Crippen molar-refractivity contribution in [2.45, 2.75) is 131 Å². The number of methoxy groups -OCH3 is 4. The van der Waals surface area contributed by atoms with Crippen LogP contribution in [-0.4, -0.2) is 114 Å². The van der Waals surface area contributed by atoms with E-state index in [1.807, 2.05) is 6.92 Å². The van der Waals surface area contributed by atoms with Gasteiger partial charge in [-0.3, -0.25) is 38.4 Å². The smallest absolute Gasteiger partial charge is 0.338 e. The molecule has 6 unspecified atom stereocenters. The summed E-state index contributed by atoms with van der Waals surface area (Å²) < 4.78 is 30.4. The fourth-order valence-corrected chi connectivity index (χ4v) is 11.0. The predicted molar refractivity (Wildman–Crippen MR) is 237 cm³/mol. The van der Waals surface area contributed by atoms with Crippen LogP contribution in [0.1, 0.15) is 127 Å². The minimum absolute atomic E-state index is 0.0251. The average Bonchev–Trinajstić information content (AvgIpc) is 3.55. The standard InChI is InChI=1S/C43H67NO16S3/c1-14-16-21-62-38(61)63-43(9,37(53)57-13)26-42(8,24-28(32(48)54-10)23-39(4,5)33(49)60-44-29(45)17-18-30(44)46)36(52)59-20-19-58-31(47)27(3)22-41(7,35(51)56-12)25-40(6,15-2)34(50)55-11/h27-28H,14-26H2,1-13H3. The molecule has 0 aromatic rings. The Hall–Kier alpha value is -3.78. The topological polar surface area (TPSA) is 221 Å². The zero-order valence-electron chi connectivity index (χ0n) is 39.1. The number of carbonyl (C=O) groups excluding carboxylic acids is 9. The molecule has 1 aliphatic heterocycles. The van der Waals surface area contributed by atoms with E-state index in [1.54, 1.807) is 34.6 Å². The first-order valence-electron chi connectivity index (χ1n) is 20.8. The van der Waals surface area contributed by atoms with Gasteiger partial charge in [0.05, 0.1) is 61.9 Å². The van der Waals surface area contributed by atoms with E-state index in [-0.39, 0.29) is 44.9 Å². The number of esters is 6. The van der Waals surface area contributed by atoms with Crippen molar-refractivity contribution in [3.8, 4) is 0 Å². The van der Waals surface area contributed by atoms with Gasteiger partial charge in [0.15, 0.2) is 0 Å². The Kier molecular flexibility index (Phi) is 22.8. The number of unbranched alkanes of at least 4 members (excludes halogenated alkanes) is 1. The van der Waals surface area contributed by atoms with Crippen LogP contribution >= 0.6 is 35.7 Å². The summed E-state index contributed by atoms with van der Waals surface area (Å²) in [7, 11) is 4.79. The first kappa shape index (κ1) is 57.2. The van der Waals surface area contributed by atoms with Crippen molar-refractivity contribution in [3.05, 3.63) is 0 Å². The second-order valence-corrected chi connectivity index (χ2v) is 21.3. The van der Waals surface area contributed by atoms with E-state index in [4.69, 9.17) is 45.5 Å². The number of hydroxylamine groups is 2. The second kappa shape index (κ2) is 25.1. The lowest BCUT2D eigenvalue weighted by molar-refractivity contribution is -0.205. The molecular formula is C43H67NO16S3. The number of rotatable bonds is 26. The highest BCUT2D eigenvalue weighted by atomic mass is 32.2. The van der Waals surface area contributed by atoms with Gasteiger partial charge in [-0.1, -0.05) is 51.2 Å². The molecule has 1 saturated heterocycles. The van der Waals surface area contributed by atoms with Crippen molar-refractivity contribution >= 4 is 92.9 Å². The molecule has 0 saturated carbocycles. The Morgan fingerprint density at radius 1 is 0.667 bits per heavy atom. The van der Waals surface area contributed by atoms with E-state index in [0.717, 1.165) is 31.7 Å². The van der Waals surface area contributed by atoms with Crippen LogP contribution < -0.4 is 0 Å². The third-order valence-electron chi connectivity index (χ3n) is 11.2. The molecule has 0 N–H and O–H groups in total. The van der Waals surface area contributed by atoms with Crippen molar-refractivity contribution < 1.29 is 76.4 Å². The summed E-state index contributed by atoms with van der Waals surface area (Å²) in [6.07, 6.45) is 0.942. The van der Waals surface area contributed by atoms with Gasteiger partial charge in [-0.25, -0.2) is 4.79 Å². The molecule has 1 rings (SSSR count). The highest BCUT2D eigenvalue weighted by Crippen LogP contribution is 2.47. The zero-order valence-corrected chi connectivity index (χ0v) is 41.5. The Morgan fingerprint density at radius 2 is 1.19 bits per heavy atom. The molecule has 1 heterocycles. The molecule has 0 aromatic carbocycles. The lowest BCUT2D eigenvalue weighted by Crippen LogP contribution is -2.46. The zero-order chi connectivity index (χ0) is 48.6. The summed E-state index contributed by atoms with van der Waals surface area (Å²) in [6, 6.07) is 0. The van der Waals surface area contributed by atoms with Gasteiger partial charge in [-0.15, -0.1) is 16.8 Å². The van der Waals surface area contributed by atoms with Gasteiger partial charge in [0.2, 0.25) is 0 Å². The molecular weight excluding hydrogens is 883 g/mol. The van der Waals surface area contributed by atoms with E-state index in [2.05, 4.69) is 0 Å². The van der Waals surface area contributed by atoms with Crippen LogP contribution in [0.5, 0.6) is 0 Å². The number of hydrogen-bond donors (Lipinski definition) is 0. The van der Waals surface area contributed by atoms with Crippen LogP contribution in [0.4, 0.5) is 0 Å². The van der Waals surface area contributed by atoms with Crippen molar-refractivity contribution in [1.82, 2.24) is 5.06 Å². The maximum absolute atomic E-state index is 14.3. The van der Waals surface area contributed by atoms with Crippen LogP contribution in [0, 0.1) is 33.5 Å². The molecule has 0 aliphatic carbocycles. The minimum Gasteiger partial charge on any atom is -0.469 e. The monoisotopic (exact) mass is 949 g/mol. The highest BCUT2D eigenvalue weighted by molar-refractivity contribution is 8.47. The van der Waals surface area contributed by atoms with Gasteiger partial charge >= 0.3 is 41.8 Å². The summed E-state index contributed by atoms with van der Waals surface area (Å²) in [5.41, 5.74) is -5.56. The summed E-state index contributed by atoms with van der Waals surface area (Å²) >= 11 is 8.02. The van der Waals surface area contributed by atoms with Crippen molar-refractivity contribution in [3.63, 3.8) is 0 Å². The normalized spacial score (nSPS) is 17.6. The maximum Gasteiger partial charge on any atom is 0.338 e. The molecule has 1 fully saturated rings. The van der Waals surface area contributed by atoms with Crippen LogP contribution in [0.3, 0.4) is 0 Å². The fraction of sp³-hybridized carbons (Fsp3) is 0.767. The number of amides is 2. The average molecular weight is 950 g/mol. The van der Waals surface area contributed by atoms with E-state index >= 15 is 0 Å². The Morgan fingerprint density at radius 3 is 1.70 bits per heavy atom. The first-order valence-corrected chi connectivity index (χ1v) is 23.0. The summed E-state index contributed by atoms with van der Waals surface area (Å²) in [5.74, 6) is -8.04. The number of carbonyl (C=O) groups is 9. The van der Waals surface area contributed by atoms with E-state index < -0.39 is 105 Å². The molecule has 63 heavy (non-hydrogen) atoms. The highest BCUT2D eigenvalue weighted by Gasteiger charge is 2.51. The van der Waals surface area contributed by atoms with Crippen LogP contribution in [0.2, 0.25) is 0 Å². The molecule has 0 bridgehead atoms. The lowest BCUT2D eigenvalue weighted by Gasteiger charge is -2.38. The van der Waals surface area contributed by atoms with E-state index in [1.165, 1.54) is 53.9 Å².